The molecule has 1 heterocycles. The SMILES string of the molecule is C[C@@H](NC(=O)Cn1cc(C(F)(F)F)ccc1=O)c1cccc(Cl)c1. The molecule has 2 aromatic rings. The first kappa shape index (κ1) is 18.1. The summed E-state index contributed by atoms with van der Waals surface area (Å²) in [6.07, 6.45) is -3.95. The lowest BCUT2D eigenvalue weighted by Gasteiger charge is -2.16. The molecular weight excluding hydrogens is 345 g/mol. The number of carbonyl (C=O) groups is 1. The molecule has 4 nitrogen and oxygen atoms in total. The zero-order valence-corrected chi connectivity index (χ0v) is 13.4. The number of halogens is 4. The monoisotopic (exact) mass is 358 g/mol. The summed E-state index contributed by atoms with van der Waals surface area (Å²) in [6, 6.07) is 7.90. The van der Waals surface area contributed by atoms with E-state index in [-0.39, 0.29) is 0 Å². The first-order valence-corrected chi connectivity index (χ1v) is 7.37. The summed E-state index contributed by atoms with van der Waals surface area (Å²) in [4.78, 5) is 23.6. The summed E-state index contributed by atoms with van der Waals surface area (Å²) in [5.74, 6) is -0.580. The third-order valence-corrected chi connectivity index (χ3v) is 3.59. The molecule has 1 aromatic carbocycles. The maximum Gasteiger partial charge on any atom is 0.417 e. The first-order valence-electron chi connectivity index (χ1n) is 6.99. The average Bonchev–Trinajstić information content (AvgIpc) is 2.48. The van der Waals surface area contributed by atoms with Crippen LogP contribution in [-0.2, 0) is 17.5 Å². The fourth-order valence-electron chi connectivity index (χ4n) is 2.12. The molecule has 2 rings (SSSR count). The number of alkyl halides is 3. The second-order valence-electron chi connectivity index (χ2n) is 5.23. The summed E-state index contributed by atoms with van der Waals surface area (Å²) in [7, 11) is 0. The molecule has 1 amide bonds. The van der Waals surface area contributed by atoms with Crippen LogP contribution in [0.2, 0.25) is 5.02 Å². The van der Waals surface area contributed by atoms with Gasteiger partial charge in [-0.25, -0.2) is 0 Å². The van der Waals surface area contributed by atoms with Crippen molar-refractivity contribution in [1.29, 1.82) is 0 Å². The van der Waals surface area contributed by atoms with Crippen molar-refractivity contribution >= 4 is 17.5 Å². The van der Waals surface area contributed by atoms with Crippen molar-refractivity contribution in [2.75, 3.05) is 0 Å². The Morgan fingerprint density at radius 1 is 1.29 bits per heavy atom. The minimum absolute atomic E-state index is 0.405. The van der Waals surface area contributed by atoms with Crippen LogP contribution in [0.5, 0.6) is 0 Å². The van der Waals surface area contributed by atoms with E-state index in [1.165, 1.54) is 0 Å². The molecule has 1 atom stereocenters. The zero-order chi connectivity index (χ0) is 17.9. The number of hydrogen-bond acceptors (Lipinski definition) is 2. The van der Waals surface area contributed by atoms with Gasteiger partial charge >= 0.3 is 6.18 Å². The molecule has 0 radical (unpaired) electrons. The summed E-state index contributed by atoms with van der Waals surface area (Å²) >= 11 is 5.87. The molecule has 0 aliphatic rings. The van der Waals surface area contributed by atoms with Crippen LogP contribution in [0.15, 0.2) is 47.4 Å². The van der Waals surface area contributed by atoms with Crippen LogP contribution >= 0.6 is 11.6 Å². The van der Waals surface area contributed by atoms with Gasteiger partial charge in [-0.05, 0) is 30.7 Å². The zero-order valence-electron chi connectivity index (χ0n) is 12.6. The highest BCUT2D eigenvalue weighted by Crippen LogP contribution is 2.28. The fraction of sp³-hybridized carbons (Fsp3) is 0.250. The van der Waals surface area contributed by atoms with Crippen LogP contribution in [0.3, 0.4) is 0 Å². The highest BCUT2D eigenvalue weighted by atomic mass is 35.5. The van der Waals surface area contributed by atoms with Gasteiger partial charge < -0.3 is 9.88 Å². The molecule has 0 spiro atoms. The second-order valence-corrected chi connectivity index (χ2v) is 5.66. The first-order chi connectivity index (χ1) is 11.2. The lowest BCUT2D eigenvalue weighted by molar-refractivity contribution is -0.138. The Hall–Kier alpha value is -2.28. The van der Waals surface area contributed by atoms with Crippen molar-refractivity contribution in [3.05, 3.63) is 69.1 Å². The van der Waals surface area contributed by atoms with Gasteiger partial charge in [-0.2, -0.15) is 13.2 Å². The third kappa shape index (κ3) is 4.61. The van der Waals surface area contributed by atoms with E-state index >= 15 is 0 Å². The number of benzene rings is 1. The van der Waals surface area contributed by atoms with Crippen LogP contribution in [-0.4, -0.2) is 10.5 Å². The van der Waals surface area contributed by atoms with Crippen molar-refractivity contribution in [2.24, 2.45) is 0 Å². The van der Waals surface area contributed by atoms with Crippen LogP contribution in [0, 0.1) is 0 Å². The van der Waals surface area contributed by atoms with Crippen LogP contribution in [0.1, 0.15) is 24.1 Å². The van der Waals surface area contributed by atoms with Gasteiger partial charge in [0, 0.05) is 17.3 Å². The van der Waals surface area contributed by atoms with Gasteiger partial charge in [0.05, 0.1) is 11.6 Å². The molecule has 8 heteroatoms. The minimum Gasteiger partial charge on any atom is -0.348 e. The molecule has 128 valence electrons. The predicted octanol–water partition coefficient (Wildman–Crippen LogP) is 3.40. The summed E-state index contributed by atoms with van der Waals surface area (Å²) in [5.41, 5.74) is -0.932. The van der Waals surface area contributed by atoms with E-state index in [1.54, 1.807) is 31.2 Å². The Kier molecular flexibility index (Phi) is 5.33. The molecule has 0 aliphatic heterocycles. The van der Waals surface area contributed by atoms with Gasteiger partial charge in [-0.1, -0.05) is 23.7 Å². The Labute approximate surface area is 140 Å². The third-order valence-electron chi connectivity index (χ3n) is 3.35. The predicted molar refractivity (Wildman–Crippen MR) is 83.7 cm³/mol. The number of amides is 1. The number of pyridine rings is 1. The van der Waals surface area contributed by atoms with Gasteiger partial charge in [-0.15, -0.1) is 0 Å². The normalized spacial score (nSPS) is 12.7. The van der Waals surface area contributed by atoms with E-state index in [1.807, 2.05) is 0 Å². The fourth-order valence-corrected chi connectivity index (χ4v) is 2.32. The minimum atomic E-state index is -4.58. The quantitative estimate of drug-likeness (QED) is 0.910. The van der Waals surface area contributed by atoms with Gasteiger partial charge in [-0.3, -0.25) is 9.59 Å². The molecule has 0 unspecified atom stereocenters. The maximum absolute atomic E-state index is 12.7. The Bertz CT molecular complexity index is 802. The number of nitrogens with one attached hydrogen (secondary N) is 1. The summed E-state index contributed by atoms with van der Waals surface area (Å²) < 4.78 is 38.8. The maximum atomic E-state index is 12.7. The van der Waals surface area contributed by atoms with Crippen molar-refractivity contribution in [3.63, 3.8) is 0 Å². The Morgan fingerprint density at radius 2 is 2.00 bits per heavy atom. The molecular formula is C16H14ClF3N2O2. The topological polar surface area (TPSA) is 51.1 Å². The average molecular weight is 359 g/mol. The lowest BCUT2D eigenvalue weighted by atomic mass is 10.1. The Morgan fingerprint density at radius 3 is 2.62 bits per heavy atom. The number of carbonyl (C=O) groups excluding carboxylic acids is 1. The smallest absolute Gasteiger partial charge is 0.348 e. The highest BCUT2D eigenvalue weighted by molar-refractivity contribution is 6.30. The largest absolute Gasteiger partial charge is 0.417 e. The van der Waals surface area contributed by atoms with Gasteiger partial charge in [0.2, 0.25) is 5.91 Å². The van der Waals surface area contributed by atoms with Gasteiger partial charge in [0.15, 0.2) is 0 Å². The molecule has 24 heavy (non-hydrogen) atoms. The lowest BCUT2D eigenvalue weighted by Crippen LogP contribution is -2.34. The molecule has 0 fully saturated rings. The Balaban J connectivity index is 2.11. The van der Waals surface area contributed by atoms with E-state index in [4.69, 9.17) is 11.6 Å². The number of hydrogen-bond donors (Lipinski definition) is 1. The van der Waals surface area contributed by atoms with Crippen LogP contribution < -0.4 is 10.9 Å². The van der Waals surface area contributed by atoms with Crippen molar-refractivity contribution < 1.29 is 18.0 Å². The molecule has 1 aromatic heterocycles. The van der Waals surface area contributed by atoms with Crippen LogP contribution in [0.25, 0.3) is 0 Å². The highest BCUT2D eigenvalue weighted by Gasteiger charge is 2.31. The summed E-state index contributed by atoms with van der Waals surface area (Å²) in [6.45, 7) is 1.20. The van der Waals surface area contributed by atoms with E-state index in [2.05, 4.69) is 5.32 Å². The summed E-state index contributed by atoms with van der Waals surface area (Å²) in [5, 5.41) is 3.12. The molecule has 0 saturated heterocycles. The van der Waals surface area contributed by atoms with E-state index in [0.29, 0.717) is 17.3 Å². The standard InChI is InChI=1S/C16H14ClF3N2O2/c1-10(11-3-2-4-13(17)7-11)21-14(23)9-22-8-12(16(18,19)20)5-6-15(22)24/h2-8,10H,9H2,1H3,(H,21,23)/t10-/m1/s1. The van der Waals surface area contributed by atoms with Crippen molar-refractivity contribution in [3.8, 4) is 0 Å². The second kappa shape index (κ2) is 7.09. The van der Waals surface area contributed by atoms with Crippen molar-refractivity contribution in [1.82, 2.24) is 9.88 Å². The van der Waals surface area contributed by atoms with E-state index < -0.39 is 35.8 Å². The van der Waals surface area contributed by atoms with Gasteiger partial charge in [0.1, 0.15) is 6.54 Å². The molecule has 0 aliphatic carbocycles. The molecule has 0 bridgehead atoms. The molecule has 1 N–H and O–H groups in total. The van der Waals surface area contributed by atoms with E-state index in [9.17, 15) is 22.8 Å². The van der Waals surface area contributed by atoms with E-state index in [0.717, 1.165) is 16.2 Å². The number of nitrogens with zero attached hydrogens (tertiary/aromatic N) is 1. The van der Waals surface area contributed by atoms with Crippen LogP contribution in [0.4, 0.5) is 13.2 Å². The number of aromatic nitrogens is 1. The number of rotatable bonds is 4. The van der Waals surface area contributed by atoms with Gasteiger partial charge in [0.25, 0.3) is 5.56 Å². The van der Waals surface area contributed by atoms with Crippen molar-refractivity contribution in [2.45, 2.75) is 25.7 Å². The molecule has 0 saturated carbocycles.